The van der Waals surface area contributed by atoms with Crippen LogP contribution in [0.1, 0.15) is 50.3 Å². The van der Waals surface area contributed by atoms with E-state index in [1.54, 1.807) is 0 Å². The third-order valence-corrected chi connectivity index (χ3v) is 3.91. The smallest absolute Gasteiger partial charge is 0.0535 e. The Labute approximate surface area is 98.0 Å². The topological polar surface area (TPSA) is 40.7 Å². The minimum Gasteiger partial charge on any atom is -0.310 e. The number of nitrogens with one attached hydrogen (secondary N) is 2. The highest BCUT2D eigenvalue weighted by Crippen LogP contribution is 2.26. The van der Waals surface area contributed by atoms with Crippen LogP contribution in [0.3, 0.4) is 0 Å². The molecule has 1 aromatic rings. The van der Waals surface area contributed by atoms with Crippen LogP contribution in [-0.2, 0) is 6.54 Å². The van der Waals surface area contributed by atoms with Gasteiger partial charge in [0.05, 0.1) is 6.20 Å². The van der Waals surface area contributed by atoms with Gasteiger partial charge in [-0.05, 0) is 32.6 Å². The van der Waals surface area contributed by atoms with Gasteiger partial charge in [-0.3, -0.25) is 5.10 Å². The van der Waals surface area contributed by atoms with E-state index in [0.717, 1.165) is 12.5 Å². The predicted molar refractivity (Wildman–Crippen MR) is 66.2 cm³/mol. The second kappa shape index (κ2) is 5.48. The molecule has 3 heteroatoms. The van der Waals surface area contributed by atoms with E-state index in [0.29, 0.717) is 6.04 Å². The number of aromatic nitrogens is 2. The number of aryl methyl sites for hydroxylation is 1. The van der Waals surface area contributed by atoms with Gasteiger partial charge in [0.1, 0.15) is 0 Å². The summed E-state index contributed by atoms with van der Waals surface area (Å²) in [5.41, 5.74) is 2.48. The third kappa shape index (κ3) is 2.85. The maximum absolute atomic E-state index is 4.05. The third-order valence-electron chi connectivity index (χ3n) is 3.91. The van der Waals surface area contributed by atoms with Crippen molar-refractivity contribution in [2.45, 2.75) is 58.5 Å². The summed E-state index contributed by atoms with van der Waals surface area (Å²) in [4.78, 5) is 0. The van der Waals surface area contributed by atoms with Gasteiger partial charge in [0, 0.05) is 23.8 Å². The Balaban J connectivity index is 1.78. The number of hydrogen-bond donors (Lipinski definition) is 2. The highest BCUT2D eigenvalue weighted by atomic mass is 15.1. The average molecular weight is 221 g/mol. The fourth-order valence-corrected chi connectivity index (χ4v) is 2.63. The zero-order valence-electron chi connectivity index (χ0n) is 10.4. The van der Waals surface area contributed by atoms with Gasteiger partial charge >= 0.3 is 0 Å². The van der Waals surface area contributed by atoms with Gasteiger partial charge in [-0.15, -0.1) is 0 Å². The summed E-state index contributed by atoms with van der Waals surface area (Å²) in [5, 5.41) is 10.7. The van der Waals surface area contributed by atoms with Crippen LogP contribution < -0.4 is 5.32 Å². The van der Waals surface area contributed by atoms with Crippen LogP contribution in [0.5, 0.6) is 0 Å². The molecular formula is C13H23N3. The van der Waals surface area contributed by atoms with E-state index in [1.165, 1.54) is 43.4 Å². The zero-order valence-corrected chi connectivity index (χ0v) is 10.4. The summed E-state index contributed by atoms with van der Waals surface area (Å²) in [6, 6.07) is 0.634. The van der Waals surface area contributed by atoms with Crippen LogP contribution in [0, 0.1) is 12.8 Å². The predicted octanol–water partition coefficient (Wildman–Crippen LogP) is 2.78. The van der Waals surface area contributed by atoms with Crippen molar-refractivity contribution in [3.05, 3.63) is 17.5 Å². The lowest BCUT2D eigenvalue weighted by Crippen LogP contribution is -2.34. The van der Waals surface area contributed by atoms with Crippen molar-refractivity contribution in [3.63, 3.8) is 0 Å². The van der Waals surface area contributed by atoms with Gasteiger partial charge in [0.15, 0.2) is 0 Å². The molecule has 1 aliphatic rings. The fourth-order valence-electron chi connectivity index (χ4n) is 2.63. The highest BCUT2D eigenvalue weighted by molar-refractivity contribution is 5.13. The second-order valence-corrected chi connectivity index (χ2v) is 5.09. The summed E-state index contributed by atoms with van der Waals surface area (Å²) in [7, 11) is 0. The van der Waals surface area contributed by atoms with Crippen LogP contribution >= 0.6 is 0 Å². The van der Waals surface area contributed by atoms with Gasteiger partial charge in [0.2, 0.25) is 0 Å². The largest absolute Gasteiger partial charge is 0.310 e. The normalized spacial score (nSPS) is 19.9. The monoisotopic (exact) mass is 221 g/mol. The summed E-state index contributed by atoms with van der Waals surface area (Å²) >= 11 is 0. The van der Waals surface area contributed by atoms with Gasteiger partial charge in [-0.25, -0.2) is 0 Å². The van der Waals surface area contributed by atoms with Gasteiger partial charge in [-0.2, -0.15) is 5.10 Å². The minimum absolute atomic E-state index is 0.634. The van der Waals surface area contributed by atoms with Crippen molar-refractivity contribution in [1.82, 2.24) is 15.5 Å². The lowest BCUT2D eigenvalue weighted by atomic mass is 9.84. The Morgan fingerprint density at radius 1 is 1.44 bits per heavy atom. The van der Waals surface area contributed by atoms with Gasteiger partial charge < -0.3 is 5.32 Å². The molecule has 2 rings (SSSR count). The van der Waals surface area contributed by atoms with E-state index in [2.05, 4.69) is 29.4 Å². The van der Waals surface area contributed by atoms with Crippen molar-refractivity contribution in [3.8, 4) is 0 Å². The Bertz CT molecular complexity index is 313. The number of hydrogen-bond acceptors (Lipinski definition) is 2. The molecular weight excluding hydrogens is 198 g/mol. The zero-order chi connectivity index (χ0) is 11.4. The first kappa shape index (κ1) is 11.6. The van der Waals surface area contributed by atoms with E-state index in [1.807, 2.05) is 6.20 Å². The number of H-pyrrole nitrogens is 1. The number of aromatic amines is 1. The first-order chi connectivity index (χ1) is 7.77. The minimum atomic E-state index is 0.634. The molecule has 1 aromatic heterocycles. The first-order valence-electron chi connectivity index (χ1n) is 6.49. The van der Waals surface area contributed by atoms with Crippen LogP contribution in [0.25, 0.3) is 0 Å². The molecule has 0 radical (unpaired) electrons. The molecule has 0 spiro atoms. The molecule has 2 N–H and O–H groups in total. The van der Waals surface area contributed by atoms with E-state index < -0.39 is 0 Å². The fraction of sp³-hybridized carbons (Fsp3) is 0.769. The van der Waals surface area contributed by atoms with E-state index in [4.69, 9.17) is 0 Å². The Hall–Kier alpha value is -0.830. The SMILES string of the molecule is Cc1[nH]ncc1CN[C@@H](C)C1CCCCC1. The molecule has 1 heterocycles. The Kier molecular flexibility index (Phi) is 3.99. The van der Waals surface area contributed by atoms with Gasteiger partial charge in [0.25, 0.3) is 0 Å². The molecule has 0 saturated heterocycles. The van der Waals surface area contributed by atoms with Crippen molar-refractivity contribution < 1.29 is 0 Å². The number of rotatable bonds is 4. The molecule has 3 nitrogen and oxygen atoms in total. The molecule has 0 bridgehead atoms. The molecule has 1 atom stereocenters. The molecule has 1 fully saturated rings. The molecule has 0 amide bonds. The molecule has 0 aliphatic heterocycles. The molecule has 1 saturated carbocycles. The van der Waals surface area contributed by atoms with Crippen molar-refractivity contribution in [1.29, 1.82) is 0 Å². The number of nitrogens with zero attached hydrogens (tertiary/aromatic N) is 1. The second-order valence-electron chi connectivity index (χ2n) is 5.09. The summed E-state index contributed by atoms with van der Waals surface area (Å²) in [5.74, 6) is 0.876. The van der Waals surface area contributed by atoms with E-state index in [9.17, 15) is 0 Å². The highest BCUT2D eigenvalue weighted by Gasteiger charge is 2.19. The molecule has 1 aliphatic carbocycles. The molecule has 0 unspecified atom stereocenters. The standard InChI is InChI=1S/C13H23N3/c1-10(12-6-4-3-5-7-12)14-8-13-9-15-16-11(13)2/h9-10,12,14H,3-8H2,1-2H3,(H,15,16)/t10-/m0/s1. The van der Waals surface area contributed by atoms with E-state index in [-0.39, 0.29) is 0 Å². The van der Waals surface area contributed by atoms with Crippen LogP contribution in [0.4, 0.5) is 0 Å². The van der Waals surface area contributed by atoms with Crippen LogP contribution in [0.2, 0.25) is 0 Å². The van der Waals surface area contributed by atoms with Crippen molar-refractivity contribution in [2.24, 2.45) is 5.92 Å². The van der Waals surface area contributed by atoms with Crippen molar-refractivity contribution >= 4 is 0 Å². The Morgan fingerprint density at radius 3 is 2.81 bits per heavy atom. The van der Waals surface area contributed by atoms with Crippen LogP contribution in [-0.4, -0.2) is 16.2 Å². The van der Waals surface area contributed by atoms with Gasteiger partial charge in [-0.1, -0.05) is 19.3 Å². The Morgan fingerprint density at radius 2 is 2.19 bits per heavy atom. The lowest BCUT2D eigenvalue weighted by Gasteiger charge is -2.28. The molecule has 16 heavy (non-hydrogen) atoms. The summed E-state index contributed by atoms with van der Waals surface area (Å²) < 4.78 is 0. The average Bonchev–Trinajstić information content (AvgIpc) is 2.73. The summed E-state index contributed by atoms with van der Waals surface area (Å²) in [6.45, 7) is 5.35. The first-order valence-corrected chi connectivity index (χ1v) is 6.49. The van der Waals surface area contributed by atoms with Crippen LogP contribution in [0.15, 0.2) is 6.20 Å². The van der Waals surface area contributed by atoms with E-state index >= 15 is 0 Å². The molecule has 90 valence electrons. The lowest BCUT2D eigenvalue weighted by molar-refractivity contribution is 0.280. The van der Waals surface area contributed by atoms with Crippen molar-refractivity contribution in [2.75, 3.05) is 0 Å². The maximum atomic E-state index is 4.05. The molecule has 0 aromatic carbocycles. The quantitative estimate of drug-likeness (QED) is 0.820. The summed E-state index contributed by atoms with van der Waals surface area (Å²) in [6.07, 6.45) is 9.00. The maximum Gasteiger partial charge on any atom is 0.0535 e.